The molecule has 2 atom stereocenters. The monoisotopic (exact) mass is 422 g/mol. The molecule has 6 nitrogen and oxygen atoms in total. The fraction of sp³-hybridized carbons (Fsp3) is 0.350. The Morgan fingerprint density at radius 2 is 1.82 bits per heavy atom. The first-order valence-corrected chi connectivity index (χ1v) is 10.8. The molecule has 150 valence electrons. The Morgan fingerprint density at radius 1 is 1.14 bits per heavy atom. The van der Waals surface area contributed by atoms with Crippen LogP contribution in [0.25, 0.3) is 0 Å². The van der Waals surface area contributed by atoms with Crippen LogP contribution in [0.5, 0.6) is 0 Å². The molecule has 0 spiro atoms. The third kappa shape index (κ3) is 4.55. The SMILES string of the molecule is Cc1ccc(NC(=O)c2cccc(S(=O)(=O)N3C[C@@H](C)O[C@@H](C)C3)c2)c(Cl)c1. The van der Waals surface area contributed by atoms with Crippen molar-refractivity contribution in [1.29, 1.82) is 0 Å². The maximum absolute atomic E-state index is 13.0. The minimum atomic E-state index is -3.72. The topological polar surface area (TPSA) is 75.7 Å². The molecule has 1 N–H and O–H groups in total. The maximum Gasteiger partial charge on any atom is 0.255 e. The summed E-state index contributed by atoms with van der Waals surface area (Å²) in [6.45, 7) is 6.14. The second-order valence-electron chi connectivity index (χ2n) is 7.04. The molecule has 1 aliphatic heterocycles. The van der Waals surface area contributed by atoms with Gasteiger partial charge in [0.15, 0.2) is 0 Å². The molecule has 8 heteroatoms. The van der Waals surface area contributed by atoms with Crippen LogP contribution in [-0.2, 0) is 14.8 Å². The number of carbonyl (C=O) groups is 1. The second kappa shape index (κ2) is 8.21. The Hall–Kier alpha value is -1.93. The van der Waals surface area contributed by atoms with Crippen LogP contribution in [0.4, 0.5) is 5.69 Å². The van der Waals surface area contributed by atoms with Crippen LogP contribution in [0.3, 0.4) is 0 Å². The van der Waals surface area contributed by atoms with Crippen LogP contribution < -0.4 is 5.32 Å². The zero-order valence-corrected chi connectivity index (χ0v) is 17.5. The summed E-state index contributed by atoms with van der Waals surface area (Å²) in [7, 11) is -3.72. The number of benzene rings is 2. The van der Waals surface area contributed by atoms with Crippen molar-refractivity contribution in [2.45, 2.75) is 37.9 Å². The molecule has 1 saturated heterocycles. The van der Waals surface area contributed by atoms with Crippen LogP contribution in [0, 0.1) is 6.92 Å². The van der Waals surface area contributed by atoms with Gasteiger partial charge in [-0.2, -0.15) is 4.31 Å². The van der Waals surface area contributed by atoms with Crippen molar-refractivity contribution in [3.05, 3.63) is 58.6 Å². The van der Waals surface area contributed by atoms with Gasteiger partial charge in [0, 0.05) is 18.7 Å². The lowest BCUT2D eigenvalue weighted by atomic mass is 10.2. The van der Waals surface area contributed by atoms with Crippen LogP contribution in [0.15, 0.2) is 47.4 Å². The van der Waals surface area contributed by atoms with Crippen LogP contribution in [0.2, 0.25) is 5.02 Å². The number of morpholine rings is 1. The summed E-state index contributed by atoms with van der Waals surface area (Å²) in [5.74, 6) is -0.425. The van der Waals surface area contributed by atoms with Gasteiger partial charge < -0.3 is 10.1 Å². The molecule has 1 fully saturated rings. The number of rotatable bonds is 4. The van der Waals surface area contributed by atoms with Crippen molar-refractivity contribution in [3.8, 4) is 0 Å². The van der Waals surface area contributed by atoms with E-state index in [1.54, 1.807) is 24.3 Å². The standard InChI is InChI=1S/C20H23ClN2O4S/c1-13-7-8-19(18(21)9-13)22-20(24)16-5-4-6-17(10-16)28(25,26)23-11-14(2)27-15(3)12-23/h4-10,14-15H,11-12H2,1-3H3,(H,22,24)/t14-,15+. The largest absolute Gasteiger partial charge is 0.373 e. The zero-order valence-electron chi connectivity index (χ0n) is 16.0. The lowest BCUT2D eigenvalue weighted by Crippen LogP contribution is -2.48. The molecule has 1 aliphatic rings. The van der Waals surface area contributed by atoms with Crippen molar-refractivity contribution in [2.75, 3.05) is 18.4 Å². The molecule has 0 unspecified atom stereocenters. The molecule has 0 radical (unpaired) electrons. The van der Waals surface area contributed by atoms with Crippen molar-refractivity contribution in [2.24, 2.45) is 0 Å². The van der Waals surface area contributed by atoms with E-state index in [4.69, 9.17) is 16.3 Å². The molecule has 0 aromatic heterocycles. The number of amides is 1. The van der Waals surface area contributed by atoms with Crippen LogP contribution >= 0.6 is 11.6 Å². The Morgan fingerprint density at radius 3 is 2.46 bits per heavy atom. The number of ether oxygens (including phenoxy) is 1. The highest BCUT2D eigenvalue weighted by molar-refractivity contribution is 7.89. The molecule has 3 rings (SSSR count). The van der Waals surface area contributed by atoms with E-state index in [1.165, 1.54) is 16.4 Å². The van der Waals surface area contributed by atoms with Gasteiger partial charge in [-0.1, -0.05) is 23.7 Å². The van der Waals surface area contributed by atoms with Gasteiger partial charge >= 0.3 is 0 Å². The lowest BCUT2D eigenvalue weighted by molar-refractivity contribution is -0.0440. The summed E-state index contributed by atoms with van der Waals surface area (Å²) in [6, 6.07) is 11.3. The highest BCUT2D eigenvalue weighted by atomic mass is 35.5. The number of carbonyl (C=O) groups excluding carboxylic acids is 1. The predicted octanol–water partition coefficient (Wildman–Crippen LogP) is 3.70. The molecular weight excluding hydrogens is 400 g/mol. The molecule has 1 amide bonds. The minimum Gasteiger partial charge on any atom is -0.373 e. The van der Waals surface area contributed by atoms with E-state index in [0.717, 1.165) is 5.56 Å². The Labute approximate surface area is 170 Å². The van der Waals surface area contributed by atoms with E-state index in [1.807, 2.05) is 26.8 Å². The lowest BCUT2D eigenvalue weighted by Gasteiger charge is -2.34. The van der Waals surface area contributed by atoms with Gasteiger partial charge in [-0.05, 0) is 56.7 Å². The van der Waals surface area contributed by atoms with Gasteiger partial charge in [0.25, 0.3) is 5.91 Å². The molecule has 0 bridgehead atoms. The summed E-state index contributed by atoms with van der Waals surface area (Å²) in [5, 5.41) is 3.15. The van der Waals surface area contributed by atoms with Crippen molar-refractivity contribution >= 4 is 33.2 Å². The van der Waals surface area contributed by atoms with E-state index in [-0.39, 0.29) is 35.8 Å². The average molecular weight is 423 g/mol. The highest BCUT2D eigenvalue weighted by Gasteiger charge is 2.32. The third-order valence-corrected chi connectivity index (χ3v) is 6.63. The van der Waals surface area contributed by atoms with E-state index in [0.29, 0.717) is 10.7 Å². The Kier molecular flexibility index (Phi) is 6.09. The molecule has 2 aromatic rings. The molecule has 0 aliphatic carbocycles. The number of aryl methyl sites for hydroxylation is 1. The Bertz CT molecular complexity index is 983. The van der Waals surface area contributed by atoms with Crippen LogP contribution in [-0.4, -0.2) is 43.9 Å². The smallest absolute Gasteiger partial charge is 0.255 e. The van der Waals surface area contributed by atoms with Gasteiger partial charge in [-0.25, -0.2) is 8.42 Å². The fourth-order valence-electron chi connectivity index (χ4n) is 3.19. The number of sulfonamides is 1. The average Bonchev–Trinajstić information content (AvgIpc) is 2.63. The molecule has 28 heavy (non-hydrogen) atoms. The first-order chi connectivity index (χ1) is 13.2. The summed E-state index contributed by atoms with van der Waals surface area (Å²) >= 11 is 6.16. The van der Waals surface area contributed by atoms with Gasteiger partial charge in [0.2, 0.25) is 10.0 Å². The molecule has 2 aromatic carbocycles. The summed E-state index contributed by atoms with van der Waals surface area (Å²) < 4.78 is 33.1. The fourth-order valence-corrected chi connectivity index (χ4v) is 5.11. The predicted molar refractivity (Wildman–Crippen MR) is 109 cm³/mol. The van der Waals surface area contributed by atoms with Crippen molar-refractivity contribution in [3.63, 3.8) is 0 Å². The first-order valence-electron chi connectivity index (χ1n) is 9.00. The minimum absolute atomic E-state index is 0.0800. The van der Waals surface area contributed by atoms with E-state index in [9.17, 15) is 13.2 Å². The van der Waals surface area contributed by atoms with Gasteiger partial charge in [0.1, 0.15) is 0 Å². The normalized spacial score (nSPS) is 20.7. The molecule has 0 saturated carbocycles. The maximum atomic E-state index is 13.0. The number of anilines is 1. The summed E-state index contributed by atoms with van der Waals surface area (Å²) in [6.07, 6.45) is -0.373. The van der Waals surface area contributed by atoms with Crippen molar-refractivity contribution < 1.29 is 17.9 Å². The van der Waals surface area contributed by atoms with Gasteiger partial charge in [0.05, 0.1) is 27.8 Å². The van der Waals surface area contributed by atoms with E-state index < -0.39 is 15.9 Å². The summed E-state index contributed by atoms with van der Waals surface area (Å²) in [5.41, 5.74) is 1.69. The molecule has 1 heterocycles. The summed E-state index contributed by atoms with van der Waals surface area (Å²) in [4.78, 5) is 12.7. The first kappa shape index (κ1) is 20.8. The van der Waals surface area contributed by atoms with Crippen molar-refractivity contribution in [1.82, 2.24) is 4.31 Å². The van der Waals surface area contributed by atoms with E-state index >= 15 is 0 Å². The second-order valence-corrected chi connectivity index (χ2v) is 9.39. The van der Waals surface area contributed by atoms with Gasteiger partial charge in [-0.3, -0.25) is 4.79 Å². The third-order valence-electron chi connectivity index (χ3n) is 4.49. The zero-order chi connectivity index (χ0) is 20.5. The number of halogens is 1. The Balaban J connectivity index is 1.84. The van der Waals surface area contributed by atoms with Crippen LogP contribution in [0.1, 0.15) is 29.8 Å². The number of nitrogens with one attached hydrogen (secondary N) is 1. The number of hydrogen-bond donors (Lipinski definition) is 1. The number of hydrogen-bond acceptors (Lipinski definition) is 4. The van der Waals surface area contributed by atoms with Gasteiger partial charge in [-0.15, -0.1) is 0 Å². The quantitative estimate of drug-likeness (QED) is 0.815. The number of nitrogens with zero attached hydrogens (tertiary/aromatic N) is 1. The van der Waals surface area contributed by atoms with E-state index in [2.05, 4.69) is 5.32 Å². The highest BCUT2D eigenvalue weighted by Crippen LogP contribution is 2.25. The molecular formula is C20H23ClN2O4S.